The van der Waals surface area contributed by atoms with E-state index in [0.717, 1.165) is 27.8 Å². The summed E-state index contributed by atoms with van der Waals surface area (Å²) in [5, 5.41) is 18.0. The van der Waals surface area contributed by atoms with Gasteiger partial charge in [0.1, 0.15) is 0 Å². The molecular weight excluding hydrogens is 506 g/mol. The minimum absolute atomic E-state index is 0.0602. The van der Waals surface area contributed by atoms with Crippen molar-refractivity contribution in [3.8, 4) is 29.1 Å². The number of rotatable bonds is 7. The van der Waals surface area contributed by atoms with Gasteiger partial charge in [-0.3, -0.25) is 14.3 Å². The molecule has 9 nitrogen and oxygen atoms in total. The van der Waals surface area contributed by atoms with Gasteiger partial charge in [-0.05, 0) is 63.3 Å². The molecule has 1 saturated carbocycles. The first-order valence-electron chi connectivity index (χ1n) is 13.3. The van der Waals surface area contributed by atoms with Gasteiger partial charge < -0.3 is 15.2 Å². The van der Waals surface area contributed by atoms with Gasteiger partial charge in [-0.25, -0.2) is 4.98 Å². The van der Waals surface area contributed by atoms with Gasteiger partial charge in [-0.15, -0.1) is 5.92 Å². The fourth-order valence-corrected chi connectivity index (χ4v) is 5.31. The maximum absolute atomic E-state index is 13.5. The number of fused-ring (bicyclic) bond motifs is 1. The molecule has 1 fully saturated rings. The standard InChI is InChI=1S/C31H31N5O4/c1-4-5-21-12-15-25(29(37)34-24-13-10-23(11-14-24)30(38)39)28-26(21)18-33-36(28)19(2)20-6-8-22(9-7-20)27-16-17-32-31(35-27)40-3/h6-9,12,15-19,23-24H,10-11,13-14H2,1-3H3,(H,34,37)(H,38,39)/t19-,23?,24?/m1/s1. The van der Waals surface area contributed by atoms with Crippen molar-refractivity contribution in [1.82, 2.24) is 25.1 Å². The third kappa shape index (κ3) is 5.38. The summed E-state index contributed by atoms with van der Waals surface area (Å²) in [6, 6.07) is 13.6. The van der Waals surface area contributed by atoms with Gasteiger partial charge in [0.05, 0.1) is 42.0 Å². The molecule has 4 aromatic rings. The molecule has 0 saturated heterocycles. The molecule has 1 amide bonds. The second-order valence-electron chi connectivity index (χ2n) is 9.97. The van der Waals surface area contributed by atoms with Crippen LogP contribution in [-0.2, 0) is 4.79 Å². The third-order valence-electron chi connectivity index (χ3n) is 7.55. The van der Waals surface area contributed by atoms with E-state index in [-0.39, 0.29) is 23.9 Å². The molecule has 5 rings (SSSR count). The number of carboxylic acid groups (broad SMARTS) is 1. The number of ether oxygens (including phenoxy) is 1. The lowest BCUT2D eigenvalue weighted by Crippen LogP contribution is -2.39. The van der Waals surface area contributed by atoms with Crippen molar-refractivity contribution >= 4 is 22.8 Å². The average Bonchev–Trinajstić information content (AvgIpc) is 3.43. The Morgan fingerprint density at radius 3 is 2.52 bits per heavy atom. The molecule has 2 N–H and O–H groups in total. The largest absolute Gasteiger partial charge is 0.481 e. The number of methoxy groups -OCH3 is 1. The third-order valence-corrected chi connectivity index (χ3v) is 7.55. The molecule has 0 radical (unpaired) electrons. The highest BCUT2D eigenvalue weighted by Crippen LogP contribution is 2.30. The second-order valence-corrected chi connectivity index (χ2v) is 9.97. The normalized spacial score (nSPS) is 17.5. The number of carbonyl (C=O) groups excluding carboxylic acids is 1. The molecular formula is C31H31N5O4. The van der Waals surface area contributed by atoms with Crippen molar-refractivity contribution in [2.45, 2.75) is 51.6 Å². The molecule has 0 aliphatic heterocycles. The minimum Gasteiger partial charge on any atom is -0.481 e. The molecule has 1 atom stereocenters. The molecule has 2 aromatic heterocycles. The van der Waals surface area contributed by atoms with Crippen LogP contribution < -0.4 is 10.1 Å². The molecule has 204 valence electrons. The first-order valence-corrected chi connectivity index (χ1v) is 13.3. The van der Waals surface area contributed by atoms with Gasteiger partial charge in [0.15, 0.2) is 0 Å². The Bertz CT molecular complexity index is 1610. The SMILES string of the molecule is CC#Cc1ccc(C(=O)NC2CCC(C(=O)O)CC2)c2c1cnn2[C@H](C)c1ccc(-c2ccnc(OC)n2)cc1. The number of carbonyl (C=O) groups is 2. The van der Waals surface area contributed by atoms with E-state index >= 15 is 0 Å². The zero-order chi connectivity index (χ0) is 28.2. The number of hydrogen-bond donors (Lipinski definition) is 2. The Hall–Kier alpha value is -4.71. The van der Waals surface area contributed by atoms with Crippen LogP contribution in [0.4, 0.5) is 0 Å². The molecule has 0 unspecified atom stereocenters. The summed E-state index contributed by atoms with van der Waals surface area (Å²) in [4.78, 5) is 33.3. The van der Waals surface area contributed by atoms with E-state index in [9.17, 15) is 14.7 Å². The summed E-state index contributed by atoms with van der Waals surface area (Å²) in [5.41, 5.74) is 4.75. The maximum Gasteiger partial charge on any atom is 0.316 e. The lowest BCUT2D eigenvalue weighted by Gasteiger charge is -2.27. The quantitative estimate of drug-likeness (QED) is 0.323. The number of nitrogens with one attached hydrogen (secondary N) is 1. The van der Waals surface area contributed by atoms with Gasteiger partial charge in [0.2, 0.25) is 0 Å². The van der Waals surface area contributed by atoms with Crippen molar-refractivity contribution < 1.29 is 19.4 Å². The van der Waals surface area contributed by atoms with Crippen molar-refractivity contribution in [2.24, 2.45) is 5.92 Å². The van der Waals surface area contributed by atoms with E-state index in [1.807, 2.05) is 48.0 Å². The van der Waals surface area contributed by atoms with Crippen molar-refractivity contribution in [3.63, 3.8) is 0 Å². The van der Waals surface area contributed by atoms with Crippen LogP contribution in [0.25, 0.3) is 22.2 Å². The van der Waals surface area contributed by atoms with Crippen LogP contribution in [0.1, 0.15) is 67.1 Å². The van der Waals surface area contributed by atoms with E-state index in [0.29, 0.717) is 42.8 Å². The molecule has 2 aromatic carbocycles. The van der Waals surface area contributed by atoms with Gasteiger partial charge >= 0.3 is 12.0 Å². The highest BCUT2D eigenvalue weighted by atomic mass is 16.5. The van der Waals surface area contributed by atoms with Crippen LogP contribution in [0.2, 0.25) is 0 Å². The Kier molecular flexibility index (Phi) is 7.78. The van der Waals surface area contributed by atoms with E-state index in [1.165, 1.54) is 7.11 Å². The number of amides is 1. The van der Waals surface area contributed by atoms with E-state index in [2.05, 4.69) is 27.1 Å². The lowest BCUT2D eigenvalue weighted by molar-refractivity contribution is -0.142. The summed E-state index contributed by atoms with van der Waals surface area (Å²) in [5.74, 6) is 4.79. The molecule has 0 bridgehead atoms. The van der Waals surface area contributed by atoms with Crippen LogP contribution in [0.3, 0.4) is 0 Å². The van der Waals surface area contributed by atoms with Gasteiger partial charge in [0.25, 0.3) is 5.91 Å². The van der Waals surface area contributed by atoms with Crippen molar-refractivity contribution in [3.05, 3.63) is 71.5 Å². The maximum atomic E-state index is 13.5. The summed E-state index contributed by atoms with van der Waals surface area (Å²) >= 11 is 0. The molecule has 1 aliphatic carbocycles. The van der Waals surface area contributed by atoms with Crippen LogP contribution in [-0.4, -0.2) is 49.9 Å². The zero-order valence-corrected chi connectivity index (χ0v) is 22.7. The lowest BCUT2D eigenvalue weighted by atomic mass is 9.86. The number of benzene rings is 2. The molecule has 9 heteroatoms. The molecule has 40 heavy (non-hydrogen) atoms. The Labute approximate surface area is 232 Å². The average molecular weight is 538 g/mol. The number of aliphatic carboxylic acids is 1. The number of nitrogens with zero attached hydrogens (tertiary/aromatic N) is 4. The first-order chi connectivity index (χ1) is 19.4. The number of aromatic nitrogens is 4. The predicted octanol–water partition coefficient (Wildman–Crippen LogP) is 4.86. The highest BCUT2D eigenvalue weighted by Gasteiger charge is 2.28. The summed E-state index contributed by atoms with van der Waals surface area (Å²) < 4.78 is 7.02. The predicted molar refractivity (Wildman–Crippen MR) is 151 cm³/mol. The zero-order valence-electron chi connectivity index (χ0n) is 22.7. The topological polar surface area (TPSA) is 119 Å². The highest BCUT2D eigenvalue weighted by molar-refractivity contribution is 6.07. The smallest absolute Gasteiger partial charge is 0.316 e. The second kappa shape index (κ2) is 11.6. The molecule has 1 aliphatic rings. The summed E-state index contributed by atoms with van der Waals surface area (Å²) in [7, 11) is 1.54. The van der Waals surface area contributed by atoms with Gasteiger partial charge in [-0.2, -0.15) is 10.1 Å². The molecule has 0 spiro atoms. The van der Waals surface area contributed by atoms with Crippen LogP contribution in [0.5, 0.6) is 6.01 Å². The van der Waals surface area contributed by atoms with Gasteiger partial charge in [0, 0.05) is 28.8 Å². The van der Waals surface area contributed by atoms with Crippen LogP contribution >= 0.6 is 0 Å². The van der Waals surface area contributed by atoms with Crippen molar-refractivity contribution in [1.29, 1.82) is 0 Å². The molecule has 2 heterocycles. The van der Waals surface area contributed by atoms with E-state index in [4.69, 9.17) is 9.84 Å². The Morgan fingerprint density at radius 2 is 1.85 bits per heavy atom. The first kappa shape index (κ1) is 26.9. The summed E-state index contributed by atoms with van der Waals surface area (Å²) in [6.07, 6.45) is 5.84. The Balaban J connectivity index is 1.45. The summed E-state index contributed by atoms with van der Waals surface area (Å²) in [6.45, 7) is 3.82. The Morgan fingerprint density at radius 1 is 1.10 bits per heavy atom. The van der Waals surface area contributed by atoms with Crippen molar-refractivity contribution in [2.75, 3.05) is 7.11 Å². The van der Waals surface area contributed by atoms with Gasteiger partial charge in [-0.1, -0.05) is 30.2 Å². The minimum atomic E-state index is -0.762. The number of carboxylic acids is 1. The monoisotopic (exact) mass is 537 g/mol. The van der Waals surface area contributed by atoms with Crippen LogP contribution in [0.15, 0.2) is 54.9 Å². The fraction of sp³-hybridized carbons (Fsp3) is 0.323. The van der Waals surface area contributed by atoms with E-state index < -0.39 is 5.97 Å². The number of hydrogen-bond acceptors (Lipinski definition) is 6. The fourth-order valence-electron chi connectivity index (χ4n) is 5.31. The van der Waals surface area contributed by atoms with E-state index in [1.54, 1.807) is 25.4 Å². The van der Waals surface area contributed by atoms with Crippen LogP contribution in [0, 0.1) is 17.8 Å².